The summed E-state index contributed by atoms with van der Waals surface area (Å²) in [6, 6.07) is 1.54. The summed E-state index contributed by atoms with van der Waals surface area (Å²) in [5.74, 6) is 0.500. The molecule has 0 bridgehead atoms. The third-order valence-corrected chi connectivity index (χ3v) is 1.61. The first-order chi connectivity index (χ1) is 6.65. The van der Waals surface area contributed by atoms with Crippen LogP contribution in [0.25, 0.3) is 11.2 Å². The van der Waals surface area contributed by atoms with Gasteiger partial charge in [0.15, 0.2) is 17.1 Å². The second-order valence-electron chi connectivity index (χ2n) is 2.71. The Morgan fingerprint density at radius 3 is 3.14 bits per heavy atom. The molecule has 6 heteroatoms. The van der Waals surface area contributed by atoms with E-state index in [0.717, 1.165) is 0 Å². The van der Waals surface area contributed by atoms with E-state index in [2.05, 4.69) is 15.3 Å². The van der Waals surface area contributed by atoms with Crippen LogP contribution in [0.15, 0.2) is 16.7 Å². The molecule has 14 heavy (non-hydrogen) atoms. The zero-order valence-corrected chi connectivity index (χ0v) is 7.31. The van der Waals surface area contributed by atoms with E-state index in [1.165, 1.54) is 12.3 Å². The van der Waals surface area contributed by atoms with Crippen molar-refractivity contribution < 1.29 is 14.3 Å². The van der Waals surface area contributed by atoms with Crippen molar-refractivity contribution in [2.75, 3.05) is 5.32 Å². The van der Waals surface area contributed by atoms with Gasteiger partial charge in [-0.1, -0.05) is 0 Å². The maximum Gasteiger partial charge on any atom is 0.409 e. The molecule has 0 saturated carbocycles. The first-order valence-corrected chi connectivity index (χ1v) is 3.88. The van der Waals surface area contributed by atoms with E-state index in [9.17, 15) is 4.79 Å². The van der Waals surface area contributed by atoms with E-state index in [-0.39, 0.29) is 0 Å². The van der Waals surface area contributed by atoms with Crippen molar-refractivity contribution in [1.82, 2.24) is 9.97 Å². The highest BCUT2D eigenvalue weighted by Crippen LogP contribution is 2.16. The molecule has 72 valence electrons. The van der Waals surface area contributed by atoms with E-state index in [4.69, 9.17) is 9.52 Å². The van der Waals surface area contributed by atoms with E-state index in [1.54, 1.807) is 6.92 Å². The van der Waals surface area contributed by atoms with Crippen molar-refractivity contribution in [3.8, 4) is 0 Å². The predicted octanol–water partition coefficient (Wildman–Crippen LogP) is 1.62. The minimum Gasteiger partial charge on any atom is -0.465 e. The van der Waals surface area contributed by atoms with Gasteiger partial charge in [0.25, 0.3) is 0 Å². The van der Waals surface area contributed by atoms with Crippen LogP contribution in [-0.2, 0) is 0 Å². The first-order valence-electron chi connectivity index (χ1n) is 3.88. The van der Waals surface area contributed by atoms with Gasteiger partial charge in [0, 0.05) is 13.0 Å². The van der Waals surface area contributed by atoms with Crippen LogP contribution in [0.3, 0.4) is 0 Å². The molecule has 2 heterocycles. The van der Waals surface area contributed by atoms with E-state index in [0.29, 0.717) is 22.8 Å². The topological polar surface area (TPSA) is 88.2 Å². The standard InChI is InChI=1S/C8H7N3O3/c1-4-10-7-6(14-4)2-5(3-9-7)11-8(12)13/h2-3,11H,1H3,(H,12,13). The number of amides is 1. The van der Waals surface area contributed by atoms with Crippen LogP contribution < -0.4 is 5.32 Å². The number of nitrogens with zero attached hydrogens (tertiary/aromatic N) is 2. The summed E-state index contributed by atoms with van der Waals surface area (Å²) in [5, 5.41) is 10.6. The second-order valence-corrected chi connectivity index (χ2v) is 2.71. The molecule has 2 aromatic heterocycles. The zero-order chi connectivity index (χ0) is 10.1. The summed E-state index contributed by atoms with van der Waals surface area (Å²) in [6.45, 7) is 1.70. The molecule has 0 fully saturated rings. The maximum absolute atomic E-state index is 10.3. The van der Waals surface area contributed by atoms with Crippen molar-refractivity contribution in [3.63, 3.8) is 0 Å². The molecule has 0 aliphatic rings. The number of fused-ring (bicyclic) bond motifs is 1. The number of aromatic nitrogens is 2. The van der Waals surface area contributed by atoms with Crippen LogP contribution in [0.4, 0.5) is 10.5 Å². The maximum atomic E-state index is 10.3. The number of pyridine rings is 1. The molecule has 0 atom stereocenters. The Morgan fingerprint density at radius 1 is 1.64 bits per heavy atom. The van der Waals surface area contributed by atoms with Crippen LogP contribution in [0.2, 0.25) is 0 Å². The molecule has 6 nitrogen and oxygen atoms in total. The number of carboxylic acid groups (broad SMARTS) is 1. The molecule has 0 aromatic carbocycles. The summed E-state index contributed by atoms with van der Waals surface area (Å²) in [4.78, 5) is 18.2. The fourth-order valence-corrected chi connectivity index (χ4v) is 1.12. The average molecular weight is 193 g/mol. The molecule has 2 aromatic rings. The third-order valence-electron chi connectivity index (χ3n) is 1.61. The van der Waals surface area contributed by atoms with Gasteiger partial charge in [-0.2, -0.15) is 4.98 Å². The lowest BCUT2D eigenvalue weighted by atomic mass is 10.4. The van der Waals surface area contributed by atoms with Gasteiger partial charge in [0.05, 0.1) is 11.9 Å². The van der Waals surface area contributed by atoms with Gasteiger partial charge in [-0.05, 0) is 0 Å². The number of aryl methyl sites for hydroxylation is 1. The van der Waals surface area contributed by atoms with Crippen LogP contribution in [-0.4, -0.2) is 21.2 Å². The molecule has 2 N–H and O–H groups in total. The molecular weight excluding hydrogens is 186 g/mol. The van der Waals surface area contributed by atoms with Gasteiger partial charge in [-0.3, -0.25) is 5.32 Å². The number of hydrogen-bond donors (Lipinski definition) is 2. The van der Waals surface area contributed by atoms with E-state index < -0.39 is 6.09 Å². The molecule has 0 aliphatic carbocycles. The van der Waals surface area contributed by atoms with Crippen molar-refractivity contribution in [2.24, 2.45) is 0 Å². The highest BCUT2D eigenvalue weighted by molar-refractivity contribution is 5.85. The lowest BCUT2D eigenvalue weighted by molar-refractivity contribution is 0.209. The summed E-state index contributed by atoms with van der Waals surface area (Å²) in [5.41, 5.74) is 1.30. The number of rotatable bonds is 1. The largest absolute Gasteiger partial charge is 0.465 e. The Labute approximate surface area is 78.6 Å². The Kier molecular flexibility index (Phi) is 1.81. The number of hydrogen-bond acceptors (Lipinski definition) is 4. The van der Waals surface area contributed by atoms with Crippen molar-refractivity contribution in [1.29, 1.82) is 0 Å². The first kappa shape index (κ1) is 8.49. The van der Waals surface area contributed by atoms with Gasteiger partial charge >= 0.3 is 6.09 Å². The number of oxazole rings is 1. The van der Waals surface area contributed by atoms with E-state index >= 15 is 0 Å². The summed E-state index contributed by atoms with van der Waals surface area (Å²) >= 11 is 0. The Balaban J connectivity index is 2.45. The van der Waals surface area contributed by atoms with Crippen molar-refractivity contribution >= 4 is 23.0 Å². The van der Waals surface area contributed by atoms with Crippen molar-refractivity contribution in [3.05, 3.63) is 18.2 Å². The normalized spacial score (nSPS) is 10.4. The molecule has 0 radical (unpaired) electrons. The molecule has 0 aliphatic heterocycles. The van der Waals surface area contributed by atoms with Gasteiger partial charge in [0.1, 0.15) is 0 Å². The summed E-state index contributed by atoms with van der Waals surface area (Å²) in [7, 11) is 0. The van der Waals surface area contributed by atoms with Crippen LogP contribution in [0, 0.1) is 6.92 Å². The highest BCUT2D eigenvalue weighted by Gasteiger charge is 2.05. The molecule has 2 rings (SSSR count). The smallest absolute Gasteiger partial charge is 0.409 e. The average Bonchev–Trinajstić information content (AvgIpc) is 2.42. The van der Waals surface area contributed by atoms with Gasteiger partial charge < -0.3 is 9.52 Å². The molecule has 0 spiro atoms. The fraction of sp³-hybridized carbons (Fsp3) is 0.125. The monoisotopic (exact) mass is 193 g/mol. The lowest BCUT2D eigenvalue weighted by Crippen LogP contribution is -2.07. The number of anilines is 1. The van der Waals surface area contributed by atoms with Crippen LogP contribution >= 0.6 is 0 Å². The molecule has 1 amide bonds. The SMILES string of the molecule is Cc1nc2ncc(NC(=O)O)cc2o1. The second kappa shape index (κ2) is 2.99. The Morgan fingerprint density at radius 2 is 2.43 bits per heavy atom. The van der Waals surface area contributed by atoms with Crippen LogP contribution in [0.5, 0.6) is 0 Å². The molecular formula is C8H7N3O3. The van der Waals surface area contributed by atoms with Gasteiger partial charge in [-0.25, -0.2) is 9.78 Å². The zero-order valence-electron chi connectivity index (χ0n) is 7.31. The third kappa shape index (κ3) is 1.49. The van der Waals surface area contributed by atoms with Crippen LogP contribution in [0.1, 0.15) is 5.89 Å². The summed E-state index contributed by atoms with van der Waals surface area (Å²) in [6.07, 6.45) is 0.251. The Hall–Kier alpha value is -2.11. The highest BCUT2D eigenvalue weighted by atomic mass is 16.4. The molecule has 0 unspecified atom stereocenters. The summed E-state index contributed by atoms with van der Waals surface area (Å²) < 4.78 is 5.18. The Bertz CT molecular complexity index is 492. The van der Waals surface area contributed by atoms with E-state index in [1.807, 2.05) is 0 Å². The predicted molar refractivity (Wildman–Crippen MR) is 48.2 cm³/mol. The van der Waals surface area contributed by atoms with Gasteiger partial charge in [-0.15, -0.1) is 0 Å². The lowest BCUT2D eigenvalue weighted by Gasteiger charge is -1.97. The minimum atomic E-state index is -1.14. The molecule has 0 saturated heterocycles. The number of carbonyl (C=O) groups is 1. The minimum absolute atomic E-state index is 0.362. The van der Waals surface area contributed by atoms with Crippen molar-refractivity contribution in [2.45, 2.75) is 6.92 Å². The quantitative estimate of drug-likeness (QED) is 0.718. The van der Waals surface area contributed by atoms with Gasteiger partial charge in [0.2, 0.25) is 0 Å². The number of nitrogens with one attached hydrogen (secondary N) is 1. The fourth-order valence-electron chi connectivity index (χ4n) is 1.12.